The Morgan fingerprint density at radius 2 is 2.30 bits per heavy atom. The molecule has 0 aliphatic heterocycles. The lowest BCUT2D eigenvalue weighted by Crippen LogP contribution is -2.08. The maximum absolute atomic E-state index is 10.8. The Kier molecular flexibility index (Phi) is 4.01. The van der Waals surface area contributed by atoms with E-state index in [0.717, 1.165) is 11.3 Å². The number of nitriles is 1. The summed E-state index contributed by atoms with van der Waals surface area (Å²) in [7, 11) is 0. The van der Waals surface area contributed by atoms with Crippen LogP contribution in [0.5, 0.6) is 0 Å². The molecule has 0 bridgehead atoms. The molecule has 0 fully saturated rings. The lowest BCUT2D eigenvalue weighted by Gasteiger charge is -2.14. The largest absolute Gasteiger partial charge is 0.476 e. The summed E-state index contributed by atoms with van der Waals surface area (Å²) in [5, 5.41) is 23.4. The summed E-state index contributed by atoms with van der Waals surface area (Å²) in [5.41, 5.74) is 2.34. The van der Waals surface area contributed by atoms with Crippen molar-refractivity contribution in [1.29, 1.82) is 5.26 Å². The summed E-state index contributed by atoms with van der Waals surface area (Å²) in [4.78, 5) is 14.9. The van der Waals surface area contributed by atoms with E-state index in [1.165, 1.54) is 16.7 Å². The third-order valence-electron chi connectivity index (χ3n) is 2.78. The van der Waals surface area contributed by atoms with Crippen LogP contribution < -0.4 is 5.32 Å². The zero-order valence-corrected chi connectivity index (χ0v) is 11.9. The van der Waals surface area contributed by atoms with Gasteiger partial charge in [-0.3, -0.25) is 0 Å². The molecule has 102 valence electrons. The highest BCUT2D eigenvalue weighted by Crippen LogP contribution is 2.25. The van der Waals surface area contributed by atoms with Crippen molar-refractivity contribution in [1.82, 2.24) is 4.98 Å². The Labute approximate surface area is 120 Å². The SMILES string of the molecule is Cc1ccc(NC(C)c2nc(C(=O)O)cs2)c(C#N)c1. The summed E-state index contributed by atoms with van der Waals surface area (Å²) < 4.78 is 0. The highest BCUT2D eigenvalue weighted by atomic mass is 32.1. The summed E-state index contributed by atoms with van der Waals surface area (Å²) in [6.45, 7) is 3.81. The van der Waals surface area contributed by atoms with Crippen LogP contribution in [0.2, 0.25) is 0 Å². The van der Waals surface area contributed by atoms with E-state index in [1.54, 1.807) is 6.07 Å². The fourth-order valence-corrected chi connectivity index (χ4v) is 2.56. The van der Waals surface area contributed by atoms with Crippen molar-refractivity contribution in [2.75, 3.05) is 5.32 Å². The van der Waals surface area contributed by atoms with Crippen LogP contribution in [0.4, 0.5) is 5.69 Å². The second-order valence-corrected chi connectivity index (χ2v) is 5.29. The lowest BCUT2D eigenvalue weighted by molar-refractivity contribution is 0.0691. The molecule has 0 saturated heterocycles. The van der Waals surface area contributed by atoms with Crippen LogP contribution in [0.15, 0.2) is 23.6 Å². The Morgan fingerprint density at radius 3 is 2.90 bits per heavy atom. The average Bonchev–Trinajstić information content (AvgIpc) is 2.90. The molecule has 1 aromatic heterocycles. The fourth-order valence-electron chi connectivity index (χ4n) is 1.76. The van der Waals surface area contributed by atoms with Gasteiger partial charge in [-0.15, -0.1) is 11.3 Å². The van der Waals surface area contributed by atoms with E-state index in [4.69, 9.17) is 10.4 Å². The third-order valence-corrected chi connectivity index (χ3v) is 3.81. The van der Waals surface area contributed by atoms with E-state index in [-0.39, 0.29) is 11.7 Å². The van der Waals surface area contributed by atoms with E-state index >= 15 is 0 Å². The number of anilines is 1. The van der Waals surface area contributed by atoms with Gasteiger partial charge in [-0.2, -0.15) is 5.26 Å². The van der Waals surface area contributed by atoms with Crippen molar-refractivity contribution in [3.8, 4) is 6.07 Å². The molecule has 1 heterocycles. The number of thiazole rings is 1. The van der Waals surface area contributed by atoms with Crippen molar-refractivity contribution in [3.05, 3.63) is 45.4 Å². The summed E-state index contributed by atoms with van der Waals surface area (Å²) in [5.74, 6) is -1.03. The van der Waals surface area contributed by atoms with Crippen LogP contribution in [0.3, 0.4) is 0 Å². The smallest absolute Gasteiger partial charge is 0.355 e. The van der Waals surface area contributed by atoms with E-state index in [9.17, 15) is 4.79 Å². The van der Waals surface area contributed by atoms with Gasteiger partial charge in [0.05, 0.1) is 17.3 Å². The molecule has 0 amide bonds. The van der Waals surface area contributed by atoms with E-state index in [1.807, 2.05) is 26.0 Å². The topological polar surface area (TPSA) is 86.0 Å². The van der Waals surface area contributed by atoms with E-state index in [0.29, 0.717) is 10.6 Å². The maximum Gasteiger partial charge on any atom is 0.355 e. The van der Waals surface area contributed by atoms with Gasteiger partial charge >= 0.3 is 5.97 Å². The number of rotatable bonds is 4. The third kappa shape index (κ3) is 2.95. The number of hydrogen-bond acceptors (Lipinski definition) is 5. The van der Waals surface area contributed by atoms with E-state index < -0.39 is 5.97 Å². The fraction of sp³-hybridized carbons (Fsp3) is 0.214. The normalized spacial score (nSPS) is 11.7. The molecule has 2 aromatic rings. The predicted molar refractivity (Wildman–Crippen MR) is 77.0 cm³/mol. The lowest BCUT2D eigenvalue weighted by atomic mass is 10.1. The highest BCUT2D eigenvalue weighted by molar-refractivity contribution is 7.09. The standard InChI is InChI=1S/C14H13N3O2S/c1-8-3-4-11(10(5-8)6-15)16-9(2)13-17-12(7-20-13)14(18)19/h3-5,7,9,16H,1-2H3,(H,18,19). The Morgan fingerprint density at radius 1 is 1.55 bits per heavy atom. The number of carbonyl (C=O) groups is 1. The number of nitrogens with one attached hydrogen (secondary N) is 1. The minimum atomic E-state index is -1.03. The number of aromatic nitrogens is 1. The minimum absolute atomic E-state index is 0.0445. The number of benzene rings is 1. The van der Waals surface area contributed by atoms with Crippen LogP contribution in [-0.2, 0) is 0 Å². The van der Waals surface area contributed by atoms with Gasteiger partial charge in [0.25, 0.3) is 0 Å². The van der Waals surface area contributed by atoms with Gasteiger partial charge in [-0.1, -0.05) is 6.07 Å². The molecule has 1 aromatic carbocycles. The first-order valence-electron chi connectivity index (χ1n) is 5.97. The number of carboxylic acid groups (broad SMARTS) is 1. The molecule has 0 aliphatic carbocycles. The molecule has 20 heavy (non-hydrogen) atoms. The molecule has 0 spiro atoms. The second kappa shape index (κ2) is 5.72. The first-order valence-corrected chi connectivity index (χ1v) is 6.85. The number of nitrogens with zero attached hydrogens (tertiary/aromatic N) is 2. The van der Waals surface area contributed by atoms with Gasteiger partial charge in [0, 0.05) is 5.38 Å². The summed E-state index contributed by atoms with van der Waals surface area (Å²) >= 11 is 1.28. The average molecular weight is 287 g/mol. The Bertz CT molecular complexity index is 688. The van der Waals surface area contributed by atoms with Crippen LogP contribution in [0.1, 0.15) is 39.6 Å². The summed E-state index contributed by atoms with van der Waals surface area (Å²) in [6, 6.07) is 7.54. The van der Waals surface area contributed by atoms with Gasteiger partial charge in [-0.25, -0.2) is 9.78 Å². The van der Waals surface area contributed by atoms with Crippen molar-refractivity contribution < 1.29 is 9.90 Å². The molecule has 0 saturated carbocycles. The molecular formula is C14H13N3O2S. The molecule has 6 heteroatoms. The van der Waals surface area contributed by atoms with Crippen molar-refractivity contribution in [2.24, 2.45) is 0 Å². The van der Waals surface area contributed by atoms with Crippen LogP contribution in [0.25, 0.3) is 0 Å². The van der Waals surface area contributed by atoms with Gasteiger partial charge in [0.1, 0.15) is 11.1 Å². The quantitative estimate of drug-likeness (QED) is 0.901. The summed E-state index contributed by atoms with van der Waals surface area (Å²) in [6.07, 6.45) is 0. The maximum atomic E-state index is 10.8. The highest BCUT2D eigenvalue weighted by Gasteiger charge is 2.15. The molecule has 2 rings (SSSR count). The van der Waals surface area contributed by atoms with E-state index in [2.05, 4.69) is 16.4 Å². The number of aromatic carboxylic acids is 1. The second-order valence-electron chi connectivity index (χ2n) is 4.40. The predicted octanol–water partition coefficient (Wildman–Crippen LogP) is 3.19. The monoisotopic (exact) mass is 287 g/mol. The van der Waals surface area contributed by atoms with Crippen molar-refractivity contribution in [2.45, 2.75) is 19.9 Å². The molecule has 0 radical (unpaired) electrons. The van der Waals surface area contributed by atoms with Crippen LogP contribution in [-0.4, -0.2) is 16.1 Å². The number of carboxylic acids is 1. The molecule has 0 aliphatic rings. The minimum Gasteiger partial charge on any atom is -0.476 e. The number of hydrogen-bond donors (Lipinski definition) is 2. The Hall–Kier alpha value is -2.39. The number of aryl methyl sites for hydroxylation is 1. The zero-order valence-electron chi connectivity index (χ0n) is 11.0. The van der Waals surface area contributed by atoms with Gasteiger partial charge in [-0.05, 0) is 31.5 Å². The van der Waals surface area contributed by atoms with Crippen molar-refractivity contribution >= 4 is 23.0 Å². The molecule has 1 unspecified atom stereocenters. The van der Waals surface area contributed by atoms with Crippen LogP contribution >= 0.6 is 11.3 Å². The Balaban J connectivity index is 2.21. The van der Waals surface area contributed by atoms with Gasteiger partial charge in [0.15, 0.2) is 5.69 Å². The molecule has 2 N–H and O–H groups in total. The molecule has 1 atom stereocenters. The van der Waals surface area contributed by atoms with Gasteiger partial charge < -0.3 is 10.4 Å². The molecule has 5 nitrogen and oxygen atoms in total. The first kappa shape index (κ1) is 14.0. The van der Waals surface area contributed by atoms with Crippen LogP contribution in [0, 0.1) is 18.3 Å². The van der Waals surface area contributed by atoms with Gasteiger partial charge in [0.2, 0.25) is 0 Å². The molecular weight excluding hydrogens is 274 g/mol. The van der Waals surface area contributed by atoms with Crippen molar-refractivity contribution in [3.63, 3.8) is 0 Å². The zero-order chi connectivity index (χ0) is 14.7. The first-order chi connectivity index (χ1) is 9.51.